The number of rotatable bonds is 13. The minimum Gasteiger partial charge on any atom is -0.496 e. The van der Waals surface area contributed by atoms with Crippen molar-refractivity contribution in [3.63, 3.8) is 0 Å². The van der Waals surface area contributed by atoms with E-state index in [0.717, 1.165) is 24.9 Å². The van der Waals surface area contributed by atoms with Crippen LogP contribution in [-0.4, -0.2) is 65.4 Å². The smallest absolute Gasteiger partial charge is 0.193 e. The lowest BCUT2D eigenvalue weighted by Crippen LogP contribution is -2.30. The van der Waals surface area contributed by atoms with Crippen LogP contribution in [0.2, 0.25) is 0 Å². The lowest BCUT2D eigenvalue weighted by atomic mass is 10.1. The molecule has 7 heteroatoms. The van der Waals surface area contributed by atoms with Gasteiger partial charge in [-0.3, -0.25) is 4.79 Å². The quantitative estimate of drug-likeness (QED) is 0.219. The molecule has 190 valence electrons. The first-order valence-electron chi connectivity index (χ1n) is 12.1. The molecule has 0 aromatic heterocycles. The first kappa shape index (κ1) is 26.4. The molecule has 1 saturated heterocycles. The van der Waals surface area contributed by atoms with Gasteiger partial charge < -0.3 is 28.6 Å². The molecule has 1 fully saturated rings. The summed E-state index contributed by atoms with van der Waals surface area (Å²) in [5.41, 5.74) is 1.18. The summed E-state index contributed by atoms with van der Waals surface area (Å²) in [6, 6.07) is 8.91. The fourth-order valence-corrected chi connectivity index (χ4v) is 4.22. The Kier molecular flexibility index (Phi) is 10.3. The second-order valence-electron chi connectivity index (χ2n) is 8.47. The van der Waals surface area contributed by atoms with Gasteiger partial charge in [0.25, 0.3) is 0 Å². The molecule has 0 amide bonds. The number of unbranched alkanes of at least 4 members (excludes halogenated alkanes) is 1. The van der Waals surface area contributed by atoms with E-state index in [9.17, 15) is 4.79 Å². The monoisotopic (exact) mass is 483 g/mol. The fraction of sp³-hybridized carbons (Fsp3) is 0.464. The van der Waals surface area contributed by atoms with E-state index in [1.54, 1.807) is 45.6 Å². The number of nitrogens with zero attached hydrogens (tertiary/aromatic N) is 1. The van der Waals surface area contributed by atoms with Crippen LogP contribution < -0.4 is 23.7 Å². The first-order valence-corrected chi connectivity index (χ1v) is 12.1. The molecule has 0 bridgehead atoms. The lowest BCUT2D eigenvalue weighted by molar-refractivity contribution is 0.104. The minimum absolute atomic E-state index is 0.220. The van der Waals surface area contributed by atoms with Crippen LogP contribution in [-0.2, 0) is 0 Å². The molecule has 2 aromatic rings. The molecule has 1 aliphatic rings. The molecule has 35 heavy (non-hydrogen) atoms. The van der Waals surface area contributed by atoms with Gasteiger partial charge in [0, 0.05) is 12.1 Å². The Morgan fingerprint density at radius 1 is 0.829 bits per heavy atom. The predicted molar refractivity (Wildman–Crippen MR) is 137 cm³/mol. The second-order valence-corrected chi connectivity index (χ2v) is 8.47. The summed E-state index contributed by atoms with van der Waals surface area (Å²) >= 11 is 0. The summed E-state index contributed by atoms with van der Waals surface area (Å²) in [4.78, 5) is 15.8. The van der Waals surface area contributed by atoms with E-state index >= 15 is 0 Å². The van der Waals surface area contributed by atoms with Gasteiger partial charge in [-0.05, 0) is 69.1 Å². The zero-order valence-electron chi connectivity index (χ0n) is 21.3. The molecule has 1 heterocycles. The van der Waals surface area contributed by atoms with Crippen molar-refractivity contribution >= 4 is 11.9 Å². The predicted octanol–water partition coefficient (Wildman–Crippen LogP) is 5.26. The highest BCUT2D eigenvalue weighted by molar-refractivity contribution is 6.10. The number of allylic oxidation sites excluding steroid dienone is 1. The number of hydrogen-bond donors (Lipinski definition) is 0. The highest BCUT2D eigenvalue weighted by atomic mass is 16.5. The Morgan fingerprint density at radius 3 is 2.23 bits per heavy atom. The summed E-state index contributed by atoms with van der Waals surface area (Å²) in [5, 5.41) is 0. The molecular formula is C28H37NO6. The van der Waals surface area contributed by atoms with Crippen molar-refractivity contribution in [2.45, 2.75) is 32.1 Å². The van der Waals surface area contributed by atoms with E-state index in [-0.39, 0.29) is 5.78 Å². The molecule has 0 unspecified atom stereocenters. The molecular weight excluding hydrogens is 446 g/mol. The van der Waals surface area contributed by atoms with Gasteiger partial charge in [0.15, 0.2) is 17.3 Å². The van der Waals surface area contributed by atoms with Crippen LogP contribution in [0, 0.1) is 0 Å². The van der Waals surface area contributed by atoms with Crippen LogP contribution in [0.15, 0.2) is 36.4 Å². The van der Waals surface area contributed by atoms with E-state index in [1.165, 1.54) is 45.5 Å². The molecule has 1 aliphatic heterocycles. The molecule has 0 spiro atoms. The van der Waals surface area contributed by atoms with Gasteiger partial charge in [-0.2, -0.15) is 0 Å². The Labute approximate surface area is 208 Å². The van der Waals surface area contributed by atoms with Crippen molar-refractivity contribution in [2.75, 3.05) is 54.7 Å². The van der Waals surface area contributed by atoms with Crippen LogP contribution in [0.5, 0.6) is 28.7 Å². The molecule has 0 saturated carbocycles. The van der Waals surface area contributed by atoms with E-state index in [4.69, 9.17) is 23.7 Å². The van der Waals surface area contributed by atoms with Gasteiger partial charge >= 0.3 is 0 Å². The summed E-state index contributed by atoms with van der Waals surface area (Å²) in [6.45, 7) is 3.99. The summed E-state index contributed by atoms with van der Waals surface area (Å²) in [7, 11) is 6.28. The number of ether oxygens (including phenoxy) is 5. The number of likely N-dealkylation sites (tertiary alicyclic amines) is 1. The number of benzene rings is 2. The highest BCUT2D eigenvalue weighted by Gasteiger charge is 2.19. The second kappa shape index (κ2) is 13.6. The number of carbonyl (C=O) groups is 1. The third-order valence-corrected chi connectivity index (χ3v) is 6.15. The maximum atomic E-state index is 13.2. The summed E-state index contributed by atoms with van der Waals surface area (Å²) in [5.74, 6) is 2.45. The van der Waals surface area contributed by atoms with Gasteiger partial charge in [-0.1, -0.05) is 18.6 Å². The van der Waals surface area contributed by atoms with Crippen molar-refractivity contribution in [2.24, 2.45) is 0 Å². The Balaban J connectivity index is 1.71. The van der Waals surface area contributed by atoms with Crippen LogP contribution in [0.25, 0.3) is 6.08 Å². The van der Waals surface area contributed by atoms with Crippen LogP contribution in [0.3, 0.4) is 0 Å². The zero-order chi connectivity index (χ0) is 25.0. The average Bonchev–Trinajstić information content (AvgIpc) is 2.91. The Morgan fingerprint density at radius 2 is 1.54 bits per heavy atom. The number of hydrogen-bond acceptors (Lipinski definition) is 7. The van der Waals surface area contributed by atoms with Crippen molar-refractivity contribution in [1.82, 2.24) is 4.90 Å². The first-order chi connectivity index (χ1) is 17.1. The maximum Gasteiger partial charge on any atom is 0.193 e. The number of ketones is 1. The third kappa shape index (κ3) is 7.39. The fourth-order valence-electron chi connectivity index (χ4n) is 4.22. The van der Waals surface area contributed by atoms with Gasteiger partial charge in [0.05, 0.1) is 35.0 Å². The summed E-state index contributed by atoms with van der Waals surface area (Å²) in [6.07, 6.45) is 9.14. The van der Waals surface area contributed by atoms with Gasteiger partial charge in [-0.15, -0.1) is 0 Å². The van der Waals surface area contributed by atoms with Crippen LogP contribution in [0.4, 0.5) is 0 Å². The SMILES string of the molecule is COc1cc(OC)c(C(=O)C=Cc2ccc(OC)c(OC)c2)c(OCCCCN2CCCCC2)c1. The van der Waals surface area contributed by atoms with E-state index in [2.05, 4.69) is 4.90 Å². The standard InChI is InChI=1S/C28H37NO6/c1-31-22-19-26(34-4)28(23(30)12-10-21-11-13-24(32-2)25(18-21)33-3)27(20-22)35-17-9-8-16-29-14-6-5-7-15-29/h10-13,18-20H,5-9,14-17H2,1-4H3. The number of carbonyl (C=O) groups excluding carboxylic acids is 1. The van der Waals surface area contributed by atoms with Crippen molar-refractivity contribution in [3.8, 4) is 28.7 Å². The van der Waals surface area contributed by atoms with Crippen LogP contribution >= 0.6 is 0 Å². The molecule has 0 atom stereocenters. The van der Waals surface area contributed by atoms with Gasteiger partial charge in [-0.25, -0.2) is 0 Å². The molecule has 0 aliphatic carbocycles. The number of piperidine rings is 1. The summed E-state index contributed by atoms with van der Waals surface area (Å²) < 4.78 is 27.6. The van der Waals surface area contributed by atoms with E-state index in [1.807, 2.05) is 12.1 Å². The molecule has 0 N–H and O–H groups in total. The zero-order valence-corrected chi connectivity index (χ0v) is 21.3. The maximum absolute atomic E-state index is 13.2. The molecule has 2 aromatic carbocycles. The Bertz CT molecular complexity index is 997. The van der Waals surface area contributed by atoms with Crippen LogP contribution in [0.1, 0.15) is 48.0 Å². The largest absolute Gasteiger partial charge is 0.496 e. The normalized spacial score (nSPS) is 14.1. The van der Waals surface area contributed by atoms with Gasteiger partial charge in [0.1, 0.15) is 22.8 Å². The number of methoxy groups -OCH3 is 4. The van der Waals surface area contributed by atoms with Gasteiger partial charge in [0.2, 0.25) is 0 Å². The van der Waals surface area contributed by atoms with E-state index in [0.29, 0.717) is 40.9 Å². The minimum atomic E-state index is -0.220. The molecule has 7 nitrogen and oxygen atoms in total. The van der Waals surface area contributed by atoms with E-state index < -0.39 is 0 Å². The lowest BCUT2D eigenvalue weighted by Gasteiger charge is -2.26. The van der Waals surface area contributed by atoms with Crippen molar-refractivity contribution in [1.29, 1.82) is 0 Å². The topological polar surface area (TPSA) is 66.5 Å². The Hall–Kier alpha value is -3.19. The molecule has 0 radical (unpaired) electrons. The highest BCUT2D eigenvalue weighted by Crippen LogP contribution is 2.35. The average molecular weight is 484 g/mol. The van der Waals surface area contributed by atoms with Crippen molar-refractivity contribution < 1.29 is 28.5 Å². The van der Waals surface area contributed by atoms with Crippen molar-refractivity contribution in [3.05, 3.63) is 47.5 Å². The molecule has 3 rings (SSSR count). The third-order valence-electron chi connectivity index (χ3n) is 6.15.